The molecular weight excluding hydrogens is 285 g/mol. The zero-order chi connectivity index (χ0) is 24.2. The molecule has 9 heteroatoms. The molecule has 2 nitrogen and oxygen atoms in total. The highest BCUT2D eigenvalue weighted by atomic mass is 19.4. The Morgan fingerprint density at radius 2 is 1.53 bits per heavy atom. The zero-order valence-electron chi connectivity index (χ0n) is 18.5. The smallest absolute Gasteiger partial charge is 0.460 e. The lowest BCUT2D eigenvalue weighted by Crippen LogP contribution is -2.55. The van der Waals surface area contributed by atoms with Crippen LogP contribution in [0.3, 0.4) is 0 Å². The predicted octanol–water partition coefficient (Wildman–Crippen LogP) is 3.88. The van der Waals surface area contributed by atoms with Gasteiger partial charge in [-0.1, -0.05) is 20.6 Å². The van der Waals surface area contributed by atoms with E-state index < -0.39 is 61.6 Å². The Hall–Kier alpha value is -1.28. The van der Waals surface area contributed by atoms with Gasteiger partial charge < -0.3 is 5.11 Å². The normalized spacial score (nSPS) is 25.8. The average Bonchev–Trinajstić information content (AvgIpc) is 2.39. The Bertz CT molecular complexity index is 651. The summed E-state index contributed by atoms with van der Waals surface area (Å²) in [4.78, 5) is 11.4. The monoisotopic (exact) mass is 306 g/mol. The molecule has 0 aliphatic heterocycles. The molecule has 0 amide bonds. The molecule has 112 valence electrons. The lowest BCUT2D eigenvalue weighted by Gasteiger charge is -2.26. The second-order valence-electron chi connectivity index (χ2n) is 3.20. The summed E-state index contributed by atoms with van der Waals surface area (Å²) in [5, 5.41) is 9.77. The minimum absolute atomic E-state index is 2.94. The largest absolute Gasteiger partial charge is 0.512 e. The van der Waals surface area contributed by atoms with Crippen LogP contribution in [-0.2, 0) is 4.79 Å². The fraction of sp³-hybridized carbons (Fsp3) is 0.700. The maximum absolute atomic E-state index is 13.5. The number of aliphatic hydroxyl groups is 1. The average molecular weight is 306 g/mol. The fourth-order valence-corrected chi connectivity index (χ4v) is 0.600. The van der Waals surface area contributed by atoms with Crippen molar-refractivity contribution in [3.05, 3.63) is 11.8 Å². The van der Waals surface area contributed by atoms with Gasteiger partial charge in [-0.2, -0.15) is 30.7 Å². The Labute approximate surface area is 117 Å². The molecule has 1 N–H and O–H groups in total. The van der Waals surface area contributed by atoms with E-state index in [0.717, 1.165) is 0 Å². The van der Waals surface area contributed by atoms with Crippen molar-refractivity contribution in [3.63, 3.8) is 0 Å². The first-order valence-corrected chi connectivity index (χ1v) is 4.00. The van der Waals surface area contributed by atoms with Crippen LogP contribution in [-0.4, -0.2) is 28.9 Å². The van der Waals surface area contributed by atoms with Crippen LogP contribution in [0.5, 0.6) is 0 Å². The van der Waals surface area contributed by atoms with Crippen LogP contribution in [0.15, 0.2) is 11.8 Å². The first-order chi connectivity index (χ1) is 12.2. The van der Waals surface area contributed by atoms with Crippen molar-refractivity contribution in [1.29, 1.82) is 0 Å². The molecule has 0 aliphatic rings. The number of hydrogen-bond acceptors (Lipinski definition) is 2. The van der Waals surface area contributed by atoms with Crippen molar-refractivity contribution in [2.45, 2.75) is 38.6 Å². The molecule has 0 radical (unpaired) electrons. The maximum atomic E-state index is 13.5. The van der Waals surface area contributed by atoms with E-state index in [9.17, 15) is 40.6 Å². The molecule has 0 aromatic rings. The predicted molar refractivity (Wildman–Crippen MR) is 51.1 cm³/mol. The summed E-state index contributed by atoms with van der Waals surface area (Å²) < 4.78 is 160. The molecule has 0 aliphatic carbocycles. The third-order valence-electron chi connectivity index (χ3n) is 1.62. The van der Waals surface area contributed by atoms with Crippen molar-refractivity contribution in [2.24, 2.45) is 5.41 Å². The highest BCUT2D eigenvalue weighted by molar-refractivity contribution is 5.97. The van der Waals surface area contributed by atoms with E-state index in [2.05, 4.69) is 0 Å². The van der Waals surface area contributed by atoms with Gasteiger partial charge in [0.05, 0.1) is 1.37 Å². The number of aliphatic hydroxyl groups excluding tert-OH is 1. The summed E-state index contributed by atoms with van der Waals surface area (Å²) in [5.41, 5.74) is -4.64. The Kier molecular flexibility index (Phi) is 1.71. The van der Waals surface area contributed by atoms with Gasteiger partial charge >= 0.3 is 18.0 Å². The number of hydrogen-bond donors (Lipinski definition) is 1. The molecule has 0 saturated heterocycles. The summed E-state index contributed by atoms with van der Waals surface area (Å²) in [6.07, 6.45) is -7.06. The van der Waals surface area contributed by atoms with Crippen molar-refractivity contribution in [1.82, 2.24) is 0 Å². The van der Waals surface area contributed by atoms with E-state index in [1.54, 1.807) is 0 Å². The lowest BCUT2D eigenvalue weighted by atomic mass is 9.92. The SMILES string of the molecule is [2H]C(C(=O)C(F)(F)C(F)(F)C(F)(F)F)=C(O)C(C([2H])([2H])[2H])(C([2H])([2H])[2H])C([2H])([2H])[2H]. The van der Waals surface area contributed by atoms with Gasteiger partial charge in [-0.25, -0.2) is 0 Å². The Balaban J connectivity index is 7.15. The van der Waals surface area contributed by atoms with E-state index in [-0.39, 0.29) is 0 Å². The third-order valence-corrected chi connectivity index (χ3v) is 1.62. The van der Waals surface area contributed by atoms with Gasteiger partial charge in [0, 0.05) is 23.8 Å². The molecule has 0 rings (SSSR count). The van der Waals surface area contributed by atoms with E-state index in [1.165, 1.54) is 0 Å². The molecule has 0 bridgehead atoms. The number of carbonyl (C=O) groups excluding carboxylic acids is 1. The fourth-order valence-electron chi connectivity index (χ4n) is 0.600. The van der Waals surface area contributed by atoms with Crippen LogP contribution in [0.1, 0.15) is 34.3 Å². The van der Waals surface area contributed by atoms with Crippen LogP contribution in [0.25, 0.3) is 0 Å². The number of ketones is 1. The van der Waals surface area contributed by atoms with E-state index in [4.69, 9.17) is 13.7 Å². The molecule has 0 saturated carbocycles. The molecule has 0 fully saturated rings. The van der Waals surface area contributed by atoms with Crippen molar-refractivity contribution >= 4 is 5.78 Å². The molecule has 0 unspecified atom stereocenters. The van der Waals surface area contributed by atoms with Gasteiger partial charge in [0.15, 0.2) is 0 Å². The van der Waals surface area contributed by atoms with Gasteiger partial charge in [0.25, 0.3) is 0 Å². The molecule has 0 aromatic heterocycles. The van der Waals surface area contributed by atoms with Gasteiger partial charge in [-0.05, 0) is 0 Å². The standard InChI is InChI=1S/C10H11F7O2/c1-7(2,3)5(18)4-6(19)8(11,12)9(13,14)10(15,16)17/h4,18H,1-3H3/i1D3,2D3,3D3,4D. The van der Waals surface area contributed by atoms with Gasteiger partial charge in [-0.15, -0.1) is 0 Å². The summed E-state index contributed by atoms with van der Waals surface area (Å²) >= 11 is 0. The van der Waals surface area contributed by atoms with Crippen LogP contribution in [0, 0.1) is 5.41 Å². The molecule has 0 heterocycles. The molecular formula is C10H11F7O2. The second kappa shape index (κ2) is 4.68. The van der Waals surface area contributed by atoms with Crippen molar-refractivity contribution in [3.8, 4) is 0 Å². The highest BCUT2D eigenvalue weighted by Crippen LogP contribution is 2.47. The van der Waals surface area contributed by atoms with Gasteiger partial charge in [-0.3, -0.25) is 4.79 Å². The molecule has 0 atom stereocenters. The topological polar surface area (TPSA) is 37.3 Å². The Morgan fingerprint density at radius 1 is 1.11 bits per heavy atom. The van der Waals surface area contributed by atoms with Crippen LogP contribution in [0.4, 0.5) is 30.7 Å². The van der Waals surface area contributed by atoms with Crippen molar-refractivity contribution in [2.75, 3.05) is 0 Å². The molecule has 0 aromatic carbocycles. The number of carbonyl (C=O) groups is 1. The maximum Gasteiger partial charge on any atom is 0.460 e. The van der Waals surface area contributed by atoms with E-state index >= 15 is 0 Å². The summed E-state index contributed by atoms with van der Waals surface area (Å²) in [6.45, 7) is -13.2. The molecule has 19 heavy (non-hydrogen) atoms. The minimum Gasteiger partial charge on any atom is -0.512 e. The van der Waals surface area contributed by atoms with E-state index in [1.807, 2.05) is 0 Å². The first-order valence-electron chi connectivity index (χ1n) is 9.00. The highest BCUT2D eigenvalue weighted by Gasteiger charge is 2.75. The van der Waals surface area contributed by atoms with Crippen molar-refractivity contribution < 1.29 is 54.3 Å². The van der Waals surface area contributed by atoms with Crippen LogP contribution in [0.2, 0.25) is 0 Å². The van der Waals surface area contributed by atoms with Gasteiger partial charge in [0.1, 0.15) is 5.76 Å². The number of rotatable bonds is 3. The number of alkyl halides is 7. The van der Waals surface area contributed by atoms with Crippen LogP contribution < -0.4 is 0 Å². The summed E-state index contributed by atoms with van der Waals surface area (Å²) in [5.74, 6) is -20.7. The molecule has 0 spiro atoms. The van der Waals surface area contributed by atoms with Gasteiger partial charge in [0.2, 0.25) is 5.78 Å². The third kappa shape index (κ3) is 3.38. The second-order valence-corrected chi connectivity index (χ2v) is 3.20. The summed E-state index contributed by atoms with van der Waals surface area (Å²) in [6, 6.07) is -3.05. The number of allylic oxidation sites excluding steroid dienone is 2. The minimum atomic E-state index is -7.13. The zero-order valence-corrected chi connectivity index (χ0v) is 8.50. The quantitative estimate of drug-likeness (QED) is 0.488. The van der Waals surface area contributed by atoms with E-state index in [0.29, 0.717) is 0 Å². The van der Waals surface area contributed by atoms with Crippen LogP contribution >= 0.6 is 0 Å². The first kappa shape index (κ1) is 6.94. The Morgan fingerprint density at radius 3 is 1.84 bits per heavy atom. The number of halogens is 7. The lowest BCUT2D eigenvalue weighted by molar-refractivity contribution is -0.342. The summed E-state index contributed by atoms with van der Waals surface area (Å²) in [7, 11) is 0.